The minimum atomic E-state index is 0.212. The van der Waals surface area contributed by atoms with E-state index in [-0.39, 0.29) is 18.0 Å². The molecule has 1 fully saturated rings. The average molecular weight is 326 g/mol. The SMILES string of the molecule is COc1ccc(CC(=O)N2[C@@H]3CC[C@H]2Cc2nnc(C)n2C3)cc1. The monoisotopic (exact) mass is 326 g/mol. The summed E-state index contributed by atoms with van der Waals surface area (Å²) in [6.45, 7) is 2.80. The first-order valence-electron chi connectivity index (χ1n) is 8.48. The Kier molecular flexibility index (Phi) is 3.75. The molecule has 0 radical (unpaired) electrons. The lowest BCUT2D eigenvalue weighted by molar-refractivity contribution is -0.133. The first-order chi connectivity index (χ1) is 11.7. The summed E-state index contributed by atoms with van der Waals surface area (Å²) in [5.74, 6) is 2.99. The Morgan fingerprint density at radius 1 is 1.21 bits per heavy atom. The zero-order chi connectivity index (χ0) is 16.7. The third-order valence-electron chi connectivity index (χ3n) is 5.25. The van der Waals surface area contributed by atoms with E-state index < -0.39 is 0 Å². The van der Waals surface area contributed by atoms with Crippen LogP contribution in [0.4, 0.5) is 0 Å². The molecule has 1 amide bonds. The smallest absolute Gasteiger partial charge is 0.227 e. The maximum atomic E-state index is 12.9. The molecule has 2 aliphatic heterocycles. The molecule has 0 saturated carbocycles. The molecule has 2 aromatic rings. The highest BCUT2D eigenvalue weighted by Gasteiger charge is 2.40. The summed E-state index contributed by atoms with van der Waals surface area (Å²) >= 11 is 0. The largest absolute Gasteiger partial charge is 0.497 e. The summed E-state index contributed by atoms with van der Waals surface area (Å²) in [5.41, 5.74) is 1.03. The molecular weight excluding hydrogens is 304 g/mol. The van der Waals surface area contributed by atoms with Crippen molar-refractivity contribution >= 4 is 5.91 Å². The fraction of sp³-hybridized carbons (Fsp3) is 0.500. The summed E-state index contributed by atoms with van der Waals surface area (Å²) in [5, 5.41) is 8.48. The molecule has 1 aromatic heterocycles. The van der Waals surface area contributed by atoms with Crippen LogP contribution in [0.2, 0.25) is 0 Å². The number of hydrogen-bond donors (Lipinski definition) is 0. The number of aromatic nitrogens is 3. The van der Waals surface area contributed by atoms with Crippen molar-refractivity contribution in [3.05, 3.63) is 41.5 Å². The first kappa shape index (κ1) is 15.2. The van der Waals surface area contributed by atoms with Gasteiger partial charge in [-0.15, -0.1) is 10.2 Å². The van der Waals surface area contributed by atoms with E-state index in [9.17, 15) is 4.79 Å². The van der Waals surface area contributed by atoms with Crippen molar-refractivity contribution in [2.45, 2.75) is 51.2 Å². The van der Waals surface area contributed by atoms with Gasteiger partial charge in [0.15, 0.2) is 0 Å². The van der Waals surface area contributed by atoms with E-state index in [0.717, 1.165) is 48.8 Å². The van der Waals surface area contributed by atoms with E-state index in [2.05, 4.69) is 19.7 Å². The summed E-state index contributed by atoms with van der Waals surface area (Å²) < 4.78 is 7.36. The second-order valence-electron chi connectivity index (χ2n) is 6.69. The van der Waals surface area contributed by atoms with Crippen LogP contribution in [-0.2, 0) is 24.2 Å². The van der Waals surface area contributed by atoms with Gasteiger partial charge in [0, 0.05) is 19.0 Å². The van der Waals surface area contributed by atoms with Gasteiger partial charge in [-0.3, -0.25) is 4.79 Å². The Morgan fingerprint density at radius 3 is 2.71 bits per heavy atom. The standard InChI is InChI=1S/C18H22N4O2/c1-12-19-20-17-10-14-5-6-15(11-21(12)17)22(14)18(23)9-13-3-7-16(24-2)8-4-13/h3-4,7-8,14-15H,5-6,9-11H2,1-2H3/t14-,15+/m0/s1. The molecule has 0 unspecified atom stereocenters. The molecular formula is C18H22N4O2. The van der Waals surface area contributed by atoms with E-state index in [0.29, 0.717) is 6.42 Å². The number of amides is 1. The number of aryl methyl sites for hydroxylation is 1. The van der Waals surface area contributed by atoms with Crippen molar-refractivity contribution in [3.63, 3.8) is 0 Å². The Hall–Kier alpha value is -2.37. The third kappa shape index (κ3) is 2.56. The minimum absolute atomic E-state index is 0.212. The van der Waals surface area contributed by atoms with E-state index in [4.69, 9.17) is 4.74 Å². The highest BCUT2D eigenvalue weighted by Crippen LogP contribution is 2.32. The van der Waals surface area contributed by atoms with Crippen LogP contribution in [-0.4, -0.2) is 44.8 Å². The summed E-state index contributed by atoms with van der Waals surface area (Å²) in [6.07, 6.45) is 3.38. The third-order valence-corrected chi connectivity index (χ3v) is 5.25. The van der Waals surface area contributed by atoms with Crippen molar-refractivity contribution in [1.82, 2.24) is 19.7 Å². The highest BCUT2D eigenvalue weighted by molar-refractivity contribution is 5.80. The highest BCUT2D eigenvalue weighted by atomic mass is 16.5. The molecule has 0 aliphatic carbocycles. The molecule has 6 nitrogen and oxygen atoms in total. The number of hydrogen-bond acceptors (Lipinski definition) is 4. The van der Waals surface area contributed by atoms with Gasteiger partial charge in [0.1, 0.15) is 17.4 Å². The van der Waals surface area contributed by atoms with Crippen LogP contribution >= 0.6 is 0 Å². The van der Waals surface area contributed by atoms with E-state index in [1.54, 1.807) is 7.11 Å². The molecule has 1 aromatic carbocycles. The maximum Gasteiger partial charge on any atom is 0.227 e. The van der Waals surface area contributed by atoms with Gasteiger partial charge in [-0.1, -0.05) is 12.1 Å². The van der Waals surface area contributed by atoms with Gasteiger partial charge < -0.3 is 14.2 Å². The number of carbonyl (C=O) groups is 1. The van der Waals surface area contributed by atoms with Crippen LogP contribution in [0.1, 0.15) is 30.1 Å². The number of rotatable bonds is 3. The lowest BCUT2D eigenvalue weighted by atomic mass is 10.1. The molecule has 4 rings (SSSR count). The molecule has 6 heteroatoms. The zero-order valence-electron chi connectivity index (χ0n) is 14.1. The molecule has 3 heterocycles. The van der Waals surface area contributed by atoms with Crippen LogP contribution in [0.15, 0.2) is 24.3 Å². The normalized spacial score (nSPS) is 22.2. The van der Waals surface area contributed by atoms with Crippen molar-refractivity contribution in [2.24, 2.45) is 0 Å². The van der Waals surface area contributed by atoms with Crippen LogP contribution in [0.5, 0.6) is 5.75 Å². The second kappa shape index (κ2) is 5.92. The number of benzene rings is 1. The Bertz CT molecular complexity index is 753. The molecule has 126 valence electrons. The molecule has 24 heavy (non-hydrogen) atoms. The number of ether oxygens (including phenoxy) is 1. The van der Waals surface area contributed by atoms with Crippen LogP contribution in [0.25, 0.3) is 0 Å². The van der Waals surface area contributed by atoms with E-state index in [1.165, 1.54) is 0 Å². The van der Waals surface area contributed by atoms with E-state index >= 15 is 0 Å². The molecule has 2 aliphatic rings. The van der Waals surface area contributed by atoms with Gasteiger partial charge in [0.2, 0.25) is 5.91 Å². The first-order valence-corrected chi connectivity index (χ1v) is 8.48. The summed E-state index contributed by atoms with van der Waals surface area (Å²) in [4.78, 5) is 15.1. The van der Waals surface area contributed by atoms with Crippen molar-refractivity contribution in [2.75, 3.05) is 7.11 Å². The lowest BCUT2D eigenvalue weighted by Gasteiger charge is -2.28. The number of methoxy groups -OCH3 is 1. The maximum absolute atomic E-state index is 12.9. The molecule has 2 atom stereocenters. The molecule has 0 spiro atoms. The average Bonchev–Trinajstić information content (AvgIpc) is 3.07. The van der Waals surface area contributed by atoms with Crippen molar-refractivity contribution in [3.8, 4) is 5.75 Å². The number of fused-ring (bicyclic) bond motifs is 3. The van der Waals surface area contributed by atoms with Crippen molar-refractivity contribution < 1.29 is 9.53 Å². The Balaban J connectivity index is 1.52. The van der Waals surface area contributed by atoms with Crippen LogP contribution in [0, 0.1) is 6.92 Å². The van der Waals surface area contributed by atoms with Crippen LogP contribution in [0.3, 0.4) is 0 Å². The minimum Gasteiger partial charge on any atom is -0.497 e. The van der Waals surface area contributed by atoms with Crippen LogP contribution < -0.4 is 4.74 Å². The Labute approximate surface area is 141 Å². The predicted molar refractivity (Wildman–Crippen MR) is 88.8 cm³/mol. The van der Waals surface area contributed by atoms with Gasteiger partial charge in [-0.2, -0.15) is 0 Å². The lowest BCUT2D eigenvalue weighted by Crippen LogP contribution is -2.42. The van der Waals surface area contributed by atoms with Gasteiger partial charge in [-0.25, -0.2) is 0 Å². The quantitative estimate of drug-likeness (QED) is 0.862. The van der Waals surface area contributed by atoms with Gasteiger partial charge in [0.25, 0.3) is 0 Å². The van der Waals surface area contributed by atoms with Gasteiger partial charge in [-0.05, 0) is 37.5 Å². The zero-order valence-corrected chi connectivity index (χ0v) is 14.1. The fourth-order valence-electron chi connectivity index (χ4n) is 3.99. The molecule has 2 bridgehead atoms. The number of nitrogens with zero attached hydrogens (tertiary/aromatic N) is 4. The number of carbonyl (C=O) groups excluding carboxylic acids is 1. The summed E-state index contributed by atoms with van der Waals surface area (Å²) in [7, 11) is 1.65. The van der Waals surface area contributed by atoms with Gasteiger partial charge >= 0.3 is 0 Å². The fourth-order valence-corrected chi connectivity index (χ4v) is 3.99. The Morgan fingerprint density at radius 2 is 1.96 bits per heavy atom. The van der Waals surface area contributed by atoms with Gasteiger partial charge in [0.05, 0.1) is 19.6 Å². The molecule has 0 N–H and O–H groups in total. The predicted octanol–water partition coefficient (Wildman–Crippen LogP) is 1.75. The van der Waals surface area contributed by atoms with Crippen molar-refractivity contribution in [1.29, 1.82) is 0 Å². The summed E-state index contributed by atoms with van der Waals surface area (Å²) in [6, 6.07) is 8.27. The topological polar surface area (TPSA) is 60.2 Å². The molecule has 1 saturated heterocycles. The second-order valence-corrected chi connectivity index (χ2v) is 6.69. The van der Waals surface area contributed by atoms with E-state index in [1.807, 2.05) is 31.2 Å².